The molecule has 3 aromatic rings. The minimum Gasteiger partial charge on any atom is -0.497 e. The van der Waals surface area contributed by atoms with Gasteiger partial charge in [0, 0.05) is 6.42 Å². The average Bonchev–Trinajstić information content (AvgIpc) is 2.83. The molecule has 1 fully saturated rings. The van der Waals surface area contributed by atoms with Crippen LogP contribution in [0.4, 0.5) is 0 Å². The van der Waals surface area contributed by atoms with Crippen molar-refractivity contribution in [3.63, 3.8) is 0 Å². The van der Waals surface area contributed by atoms with Gasteiger partial charge in [-0.25, -0.2) is 0 Å². The zero-order valence-electron chi connectivity index (χ0n) is 18.5. The number of fused-ring (bicyclic) bond motifs is 7. The number of nitrogens with zero attached hydrogens (tertiary/aromatic N) is 1. The summed E-state index contributed by atoms with van der Waals surface area (Å²) in [5.74, 6) is 2.01. The summed E-state index contributed by atoms with van der Waals surface area (Å²) >= 11 is 0. The molecule has 3 aromatic carbocycles. The Kier molecular flexibility index (Phi) is 5.41. The molecule has 0 amide bonds. The highest BCUT2D eigenvalue weighted by molar-refractivity contribution is 6.12. The van der Waals surface area contributed by atoms with E-state index in [0.29, 0.717) is 24.5 Å². The van der Waals surface area contributed by atoms with E-state index in [9.17, 15) is 9.90 Å². The smallest absolute Gasteiger partial charge is 0.161 e. The molecule has 0 unspecified atom stereocenters. The Balaban J connectivity index is 1.78. The van der Waals surface area contributed by atoms with Gasteiger partial charge in [-0.15, -0.1) is 0 Å². The summed E-state index contributed by atoms with van der Waals surface area (Å²) in [5.41, 5.74) is 1.91. The van der Waals surface area contributed by atoms with E-state index in [4.69, 9.17) is 19.0 Å². The number of rotatable bonds is 5. The van der Waals surface area contributed by atoms with E-state index in [1.165, 1.54) is 0 Å². The second-order valence-electron chi connectivity index (χ2n) is 8.35. The van der Waals surface area contributed by atoms with Gasteiger partial charge in [-0.3, -0.25) is 4.84 Å². The Morgan fingerprint density at radius 1 is 1.00 bits per heavy atom. The number of hydroxylamine groups is 2. The lowest BCUT2D eigenvalue weighted by atomic mass is 9.82. The van der Waals surface area contributed by atoms with Gasteiger partial charge in [0.15, 0.2) is 11.5 Å². The molecule has 0 spiro atoms. The van der Waals surface area contributed by atoms with Crippen molar-refractivity contribution < 1.29 is 28.9 Å². The van der Waals surface area contributed by atoms with Crippen LogP contribution in [-0.4, -0.2) is 49.9 Å². The molecule has 1 N–H and O–H groups in total. The molecular weight excluding hydrogens is 410 g/mol. The van der Waals surface area contributed by atoms with Crippen molar-refractivity contribution in [1.82, 2.24) is 5.06 Å². The van der Waals surface area contributed by atoms with Gasteiger partial charge in [0.25, 0.3) is 0 Å². The first-order valence-electron chi connectivity index (χ1n) is 10.8. The van der Waals surface area contributed by atoms with Gasteiger partial charge >= 0.3 is 0 Å². The molecule has 2 aliphatic heterocycles. The fraction of sp³-hybridized carbons (Fsp3) is 0.400. The first kappa shape index (κ1) is 21.0. The van der Waals surface area contributed by atoms with E-state index in [1.807, 2.05) is 35.4 Å². The predicted octanol–water partition coefficient (Wildman–Crippen LogP) is 3.92. The molecule has 7 nitrogen and oxygen atoms in total. The van der Waals surface area contributed by atoms with Gasteiger partial charge < -0.3 is 24.1 Å². The molecule has 5 rings (SSSR count). The first-order valence-corrected chi connectivity index (χ1v) is 10.8. The number of aliphatic hydroxyl groups is 1. The summed E-state index contributed by atoms with van der Waals surface area (Å²) in [7, 11) is 4.88. The minimum absolute atomic E-state index is 0.150. The Bertz CT molecular complexity index is 1190. The van der Waals surface area contributed by atoms with Crippen LogP contribution < -0.4 is 14.2 Å². The maximum Gasteiger partial charge on any atom is 0.161 e. The molecule has 0 radical (unpaired) electrons. The molecule has 3 atom stereocenters. The molecule has 0 aromatic heterocycles. The summed E-state index contributed by atoms with van der Waals surface area (Å²) in [6.45, 7) is 0.514. The van der Waals surface area contributed by atoms with Crippen LogP contribution in [0.2, 0.25) is 0 Å². The zero-order valence-corrected chi connectivity index (χ0v) is 18.5. The summed E-state index contributed by atoms with van der Waals surface area (Å²) < 4.78 is 16.6. The average molecular weight is 437 g/mol. The number of benzene rings is 3. The number of aliphatic hydroxyl groups excluding tert-OH is 1. The lowest BCUT2D eigenvalue weighted by Gasteiger charge is -2.45. The lowest BCUT2D eigenvalue weighted by Crippen LogP contribution is -2.49. The summed E-state index contributed by atoms with van der Waals surface area (Å²) in [5, 5.41) is 17.3. The highest BCUT2D eigenvalue weighted by Gasteiger charge is 2.41. The SMILES string of the molecule is COc1ccc2c3c(c4cc(OC)c(OC)cc4c2c1)CN1O[C@@H](CC=O)CC[C@H]1[C@H]3O. The Labute approximate surface area is 186 Å². The van der Waals surface area contributed by atoms with Crippen molar-refractivity contribution >= 4 is 27.8 Å². The molecule has 2 heterocycles. The standard InChI is InChI=1S/C25H27NO6/c1-29-15-4-6-16-17(10-15)18-11-22(30-2)23(31-3)12-19(18)20-13-26-21(25(28)24(16)20)7-5-14(32-26)8-9-27/h4,6,9-12,14,21,25,28H,5,7-8,13H2,1-3H3/t14-,21+,25-/m1/s1. The molecule has 7 heteroatoms. The molecular formula is C25H27NO6. The van der Waals surface area contributed by atoms with Crippen molar-refractivity contribution in [2.45, 2.75) is 44.1 Å². The fourth-order valence-electron chi connectivity index (χ4n) is 5.18. The number of carbonyl (C=O) groups is 1. The highest BCUT2D eigenvalue weighted by atomic mass is 16.7. The molecule has 168 valence electrons. The van der Waals surface area contributed by atoms with E-state index in [0.717, 1.165) is 57.5 Å². The molecule has 2 aliphatic rings. The first-order chi connectivity index (χ1) is 15.6. The largest absolute Gasteiger partial charge is 0.497 e. The Hall–Kier alpha value is -2.87. The van der Waals surface area contributed by atoms with E-state index >= 15 is 0 Å². The molecule has 32 heavy (non-hydrogen) atoms. The van der Waals surface area contributed by atoms with Crippen LogP contribution in [0.5, 0.6) is 17.2 Å². The van der Waals surface area contributed by atoms with Crippen LogP contribution in [0.25, 0.3) is 21.5 Å². The third-order valence-electron chi connectivity index (χ3n) is 6.75. The van der Waals surface area contributed by atoms with Gasteiger partial charge in [-0.2, -0.15) is 5.06 Å². The fourth-order valence-corrected chi connectivity index (χ4v) is 5.18. The number of ether oxygens (including phenoxy) is 3. The van der Waals surface area contributed by atoms with Crippen LogP contribution in [-0.2, 0) is 16.2 Å². The Morgan fingerprint density at radius 3 is 2.41 bits per heavy atom. The van der Waals surface area contributed by atoms with E-state index in [1.54, 1.807) is 21.3 Å². The van der Waals surface area contributed by atoms with Gasteiger partial charge in [0.2, 0.25) is 0 Å². The van der Waals surface area contributed by atoms with Gasteiger partial charge in [0.1, 0.15) is 12.0 Å². The molecule has 1 saturated heterocycles. The maximum atomic E-state index is 11.5. The normalized spacial score (nSPS) is 22.9. The third kappa shape index (κ3) is 3.20. The zero-order chi connectivity index (χ0) is 22.4. The predicted molar refractivity (Wildman–Crippen MR) is 120 cm³/mol. The van der Waals surface area contributed by atoms with E-state index in [-0.39, 0.29) is 12.1 Å². The summed E-state index contributed by atoms with van der Waals surface area (Å²) in [6.07, 6.45) is 1.90. The van der Waals surface area contributed by atoms with Crippen molar-refractivity contribution in [2.75, 3.05) is 21.3 Å². The number of methoxy groups -OCH3 is 3. The van der Waals surface area contributed by atoms with E-state index in [2.05, 4.69) is 0 Å². The van der Waals surface area contributed by atoms with Crippen LogP contribution in [0.3, 0.4) is 0 Å². The van der Waals surface area contributed by atoms with Gasteiger partial charge in [0.05, 0.1) is 46.1 Å². The summed E-state index contributed by atoms with van der Waals surface area (Å²) in [6, 6.07) is 9.72. The van der Waals surface area contributed by atoms with Crippen LogP contribution in [0, 0.1) is 0 Å². The summed E-state index contributed by atoms with van der Waals surface area (Å²) in [4.78, 5) is 17.1. The number of carbonyl (C=O) groups excluding carboxylic acids is 1. The van der Waals surface area contributed by atoms with E-state index < -0.39 is 6.10 Å². The monoisotopic (exact) mass is 437 g/mol. The van der Waals surface area contributed by atoms with Gasteiger partial charge in [-0.05, 0) is 69.8 Å². The van der Waals surface area contributed by atoms with Crippen LogP contribution in [0.1, 0.15) is 36.5 Å². The number of hydrogen-bond acceptors (Lipinski definition) is 7. The number of hydrogen-bond donors (Lipinski definition) is 1. The molecule has 0 saturated carbocycles. The quantitative estimate of drug-likeness (QED) is 0.479. The third-order valence-corrected chi connectivity index (χ3v) is 6.75. The minimum atomic E-state index is -0.718. The van der Waals surface area contributed by atoms with Crippen LogP contribution in [0.15, 0.2) is 30.3 Å². The second kappa shape index (κ2) is 8.24. The topological polar surface area (TPSA) is 77.5 Å². The van der Waals surface area contributed by atoms with Gasteiger partial charge in [-0.1, -0.05) is 6.07 Å². The van der Waals surface area contributed by atoms with Crippen molar-refractivity contribution in [3.8, 4) is 17.2 Å². The lowest BCUT2D eigenvalue weighted by molar-refractivity contribution is -0.274. The van der Waals surface area contributed by atoms with Crippen LogP contribution >= 0.6 is 0 Å². The molecule has 0 aliphatic carbocycles. The number of aldehydes is 1. The van der Waals surface area contributed by atoms with Crippen molar-refractivity contribution in [1.29, 1.82) is 0 Å². The second-order valence-corrected chi connectivity index (χ2v) is 8.35. The van der Waals surface area contributed by atoms with Crippen molar-refractivity contribution in [2.24, 2.45) is 0 Å². The maximum absolute atomic E-state index is 11.5. The Morgan fingerprint density at radius 2 is 1.72 bits per heavy atom. The highest BCUT2D eigenvalue weighted by Crippen LogP contribution is 2.47. The van der Waals surface area contributed by atoms with Crippen molar-refractivity contribution in [3.05, 3.63) is 41.5 Å². The molecule has 0 bridgehead atoms.